The van der Waals surface area contributed by atoms with E-state index < -0.39 is 10.0 Å². The first kappa shape index (κ1) is 22.3. The summed E-state index contributed by atoms with van der Waals surface area (Å²) in [6.45, 7) is 6.43. The second-order valence-electron chi connectivity index (χ2n) is 7.05. The van der Waals surface area contributed by atoms with Gasteiger partial charge in [-0.2, -0.15) is 4.31 Å². The number of benzene rings is 2. The minimum absolute atomic E-state index is 0.158. The van der Waals surface area contributed by atoms with Crippen molar-refractivity contribution in [1.29, 1.82) is 0 Å². The average Bonchev–Trinajstić information content (AvgIpc) is 2.77. The first-order valence-electron chi connectivity index (χ1n) is 10.1. The summed E-state index contributed by atoms with van der Waals surface area (Å²) in [5, 5.41) is 0. The number of rotatable bonds is 8. The Bertz CT molecular complexity index is 952. The number of para-hydroxylation sites is 1. The van der Waals surface area contributed by atoms with Gasteiger partial charge in [-0.25, -0.2) is 8.42 Å². The van der Waals surface area contributed by atoms with Crippen molar-refractivity contribution in [3.8, 4) is 5.75 Å². The van der Waals surface area contributed by atoms with Crippen LogP contribution in [0.5, 0.6) is 5.75 Å². The van der Waals surface area contributed by atoms with Crippen molar-refractivity contribution < 1.29 is 22.7 Å². The molecule has 0 spiro atoms. The van der Waals surface area contributed by atoms with Gasteiger partial charge in [-0.1, -0.05) is 29.8 Å². The smallest absolute Gasteiger partial charge is 0.257 e. The van der Waals surface area contributed by atoms with Gasteiger partial charge in [0.2, 0.25) is 10.0 Å². The van der Waals surface area contributed by atoms with Crippen LogP contribution in [0.3, 0.4) is 0 Å². The number of ether oxygens (including phenoxy) is 2. The lowest BCUT2D eigenvalue weighted by Crippen LogP contribution is -2.50. The molecule has 0 aromatic heterocycles. The predicted molar refractivity (Wildman–Crippen MR) is 114 cm³/mol. The van der Waals surface area contributed by atoms with Crippen LogP contribution in [0.1, 0.15) is 22.8 Å². The van der Waals surface area contributed by atoms with E-state index in [4.69, 9.17) is 9.47 Å². The minimum atomic E-state index is -3.56. The molecule has 1 aliphatic heterocycles. The highest BCUT2D eigenvalue weighted by atomic mass is 32.2. The summed E-state index contributed by atoms with van der Waals surface area (Å²) in [7, 11) is -3.56. The molecule has 7 nitrogen and oxygen atoms in total. The maximum atomic E-state index is 13.0. The number of nitrogens with zero attached hydrogens (tertiary/aromatic N) is 2. The Morgan fingerprint density at radius 1 is 0.967 bits per heavy atom. The Balaban J connectivity index is 1.64. The topological polar surface area (TPSA) is 76.2 Å². The van der Waals surface area contributed by atoms with Crippen molar-refractivity contribution in [3.05, 3.63) is 59.7 Å². The molecule has 1 heterocycles. The first-order valence-corrected chi connectivity index (χ1v) is 11.5. The monoisotopic (exact) mass is 432 g/mol. The lowest BCUT2D eigenvalue weighted by atomic mass is 10.1. The van der Waals surface area contributed by atoms with Crippen LogP contribution in [-0.4, -0.2) is 69.5 Å². The molecule has 0 N–H and O–H groups in total. The van der Waals surface area contributed by atoms with Crippen molar-refractivity contribution in [2.75, 3.05) is 46.0 Å². The number of hydrogen-bond donors (Lipinski definition) is 0. The van der Waals surface area contributed by atoms with Crippen molar-refractivity contribution in [3.63, 3.8) is 0 Å². The number of aryl methyl sites for hydroxylation is 1. The molecule has 1 saturated heterocycles. The third kappa shape index (κ3) is 5.19. The summed E-state index contributed by atoms with van der Waals surface area (Å²) in [5.41, 5.74) is 1.48. The van der Waals surface area contributed by atoms with Gasteiger partial charge in [0.1, 0.15) is 12.4 Å². The maximum Gasteiger partial charge on any atom is 0.257 e. The highest BCUT2D eigenvalue weighted by molar-refractivity contribution is 7.89. The Morgan fingerprint density at radius 2 is 1.63 bits per heavy atom. The summed E-state index contributed by atoms with van der Waals surface area (Å²) in [6, 6.07) is 13.9. The van der Waals surface area contributed by atoms with E-state index in [2.05, 4.69) is 0 Å². The molecule has 1 aliphatic rings. The predicted octanol–water partition coefficient (Wildman–Crippen LogP) is 2.56. The van der Waals surface area contributed by atoms with E-state index in [1.165, 1.54) is 4.31 Å². The van der Waals surface area contributed by atoms with E-state index in [0.29, 0.717) is 44.2 Å². The third-order valence-electron chi connectivity index (χ3n) is 4.99. The van der Waals surface area contributed by atoms with Gasteiger partial charge in [0, 0.05) is 32.8 Å². The zero-order chi connectivity index (χ0) is 21.6. The summed E-state index contributed by atoms with van der Waals surface area (Å²) in [6.07, 6.45) is 0. The SMILES string of the molecule is CCOCCOc1ccccc1C(=O)N1CCN(S(=O)(=O)c2ccc(C)cc2)CC1. The molecule has 0 aliphatic carbocycles. The summed E-state index contributed by atoms with van der Waals surface area (Å²) < 4.78 is 38.1. The van der Waals surface area contributed by atoms with Crippen molar-refractivity contribution in [2.24, 2.45) is 0 Å². The molecule has 2 aromatic rings. The van der Waals surface area contributed by atoms with Crippen molar-refractivity contribution >= 4 is 15.9 Å². The van der Waals surface area contributed by atoms with Gasteiger partial charge in [0.25, 0.3) is 5.91 Å². The Kier molecular flexibility index (Phi) is 7.47. The molecular formula is C22H28N2O5S. The number of hydrogen-bond acceptors (Lipinski definition) is 5. The highest BCUT2D eigenvalue weighted by Crippen LogP contribution is 2.23. The molecule has 0 radical (unpaired) electrons. The lowest BCUT2D eigenvalue weighted by molar-refractivity contribution is 0.0688. The van der Waals surface area contributed by atoms with Crippen LogP contribution in [0.15, 0.2) is 53.4 Å². The third-order valence-corrected chi connectivity index (χ3v) is 6.90. The van der Waals surface area contributed by atoms with Crippen LogP contribution in [0.25, 0.3) is 0 Å². The van der Waals surface area contributed by atoms with E-state index in [1.54, 1.807) is 47.4 Å². The normalized spacial score (nSPS) is 15.2. The number of carbonyl (C=O) groups excluding carboxylic acids is 1. The quantitative estimate of drug-likeness (QED) is 0.599. The molecule has 2 aromatic carbocycles. The van der Waals surface area contributed by atoms with Crippen LogP contribution < -0.4 is 4.74 Å². The van der Waals surface area contributed by atoms with Gasteiger partial charge in [0.15, 0.2) is 0 Å². The largest absolute Gasteiger partial charge is 0.490 e. The fraction of sp³-hybridized carbons (Fsp3) is 0.409. The highest BCUT2D eigenvalue weighted by Gasteiger charge is 2.31. The molecule has 8 heteroatoms. The standard InChI is InChI=1S/C22H28N2O5S/c1-3-28-16-17-29-21-7-5-4-6-20(21)22(25)23-12-14-24(15-13-23)30(26,27)19-10-8-18(2)9-11-19/h4-11H,3,12-17H2,1-2H3. The van der Waals surface area contributed by atoms with E-state index in [1.807, 2.05) is 19.9 Å². The molecule has 0 saturated carbocycles. The Hall–Kier alpha value is -2.42. The first-order chi connectivity index (χ1) is 14.4. The van der Waals surface area contributed by atoms with E-state index >= 15 is 0 Å². The number of carbonyl (C=O) groups is 1. The Morgan fingerprint density at radius 3 is 2.30 bits per heavy atom. The van der Waals surface area contributed by atoms with Gasteiger partial charge in [0.05, 0.1) is 17.1 Å². The fourth-order valence-electron chi connectivity index (χ4n) is 3.29. The zero-order valence-corrected chi connectivity index (χ0v) is 18.2. The van der Waals surface area contributed by atoms with Crippen LogP contribution >= 0.6 is 0 Å². The van der Waals surface area contributed by atoms with Crippen LogP contribution in [-0.2, 0) is 14.8 Å². The van der Waals surface area contributed by atoms with E-state index in [0.717, 1.165) is 5.56 Å². The summed E-state index contributed by atoms with van der Waals surface area (Å²) >= 11 is 0. The molecule has 0 atom stereocenters. The van der Waals surface area contributed by atoms with Crippen LogP contribution in [0, 0.1) is 6.92 Å². The van der Waals surface area contributed by atoms with Gasteiger partial charge >= 0.3 is 0 Å². The minimum Gasteiger partial charge on any atom is -0.490 e. The lowest BCUT2D eigenvalue weighted by Gasteiger charge is -2.34. The fourth-order valence-corrected chi connectivity index (χ4v) is 4.71. The second-order valence-corrected chi connectivity index (χ2v) is 8.99. The second kappa shape index (κ2) is 10.1. The number of sulfonamides is 1. The van der Waals surface area contributed by atoms with Crippen molar-refractivity contribution in [2.45, 2.75) is 18.7 Å². The summed E-state index contributed by atoms with van der Waals surface area (Å²) in [4.78, 5) is 15.0. The van der Waals surface area contributed by atoms with E-state index in [9.17, 15) is 13.2 Å². The van der Waals surface area contributed by atoms with Gasteiger partial charge < -0.3 is 14.4 Å². The average molecular weight is 433 g/mol. The maximum absolute atomic E-state index is 13.0. The summed E-state index contributed by atoms with van der Waals surface area (Å²) in [5.74, 6) is 0.353. The van der Waals surface area contributed by atoms with Gasteiger partial charge in [-0.15, -0.1) is 0 Å². The molecule has 3 rings (SSSR count). The molecule has 1 amide bonds. The van der Waals surface area contributed by atoms with Crippen LogP contribution in [0.2, 0.25) is 0 Å². The zero-order valence-electron chi connectivity index (χ0n) is 17.4. The molecular weight excluding hydrogens is 404 g/mol. The molecule has 30 heavy (non-hydrogen) atoms. The molecule has 1 fully saturated rings. The molecule has 0 bridgehead atoms. The van der Waals surface area contributed by atoms with Crippen molar-refractivity contribution in [1.82, 2.24) is 9.21 Å². The molecule has 162 valence electrons. The number of amides is 1. The van der Waals surface area contributed by atoms with Gasteiger partial charge in [-0.05, 0) is 38.1 Å². The molecule has 0 unspecified atom stereocenters. The number of piperazine rings is 1. The van der Waals surface area contributed by atoms with E-state index in [-0.39, 0.29) is 23.9 Å². The van der Waals surface area contributed by atoms with Gasteiger partial charge in [-0.3, -0.25) is 4.79 Å². The Labute approximate surface area is 178 Å². The van der Waals surface area contributed by atoms with Crippen LogP contribution in [0.4, 0.5) is 0 Å².